The van der Waals surface area contributed by atoms with Crippen molar-refractivity contribution in [2.24, 2.45) is 0 Å². The van der Waals surface area contributed by atoms with Crippen LogP contribution in [0.4, 0.5) is 0 Å². The van der Waals surface area contributed by atoms with Crippen molar-refractivity contribution in [3.8, 4) is 0 Å². The molecule has 0 aromatic rings. The van der Waals surface area contributed by atoms with Crippen LogP contribution in [0.25, 0.3) is 0 Å². The summed E-state index contributed by atoms with van der Waals surface area (Å²) >= 11 is 0. The Balaban J connectivity index is 1.90. The topological polar surface area (TPSA) is 68.2 Å². The molecule has 0 radical (unpaired) electrons. The van der Waals surface area contributed by atoms with Gasteiger partial charge in [-0.05, 0) is 33.6 Å². The van der Waals surface area contributed by atoms with E-state index in [4.69, 9.17) is 14.2 Å². The third kappa shape index (κ3) is 9.79. The van der Waals surface area contributed by atoms with Gasteiger partial charge in [0.2, 0.25) is 0 Å². The SMILES string of the molecule is CC(C)(C)OC(=O)COCCOCCN1CCC(O)CC1. The average Bonchev–Trinajstić information content (AvgIpc) is 2.37. The van der Waals surface area contributed by atoms with Gasteiger partial charge in [-0.25, -0.2) is 4.79 Å². The number of ether oxygens (including phenoxy) is 3. The lowest BCUT2D eigenvalue weighted by molar-refractivity contribution is -0.160. The van der Waals surface area contributed by atoms with Gasteiger partial charge in [0.1, 0.15) is 12.2 Å². The molecule has 0 atom stereocenters. The van der Waals surface area contributed by atoms with Gasteiger partial charge in [-0.15, -0.1) is 0 Å². The molecule has 1 heterocycles. The molecule has 0 aromatic carbocycles. The minimum atomic E-state index is -0.473. The summed E-state index contributed by atoms with van der Waals surface area (Å²) in [5.74, 6) is -0.352. The highest BCUT2D eigenvalue weighted by Gasteiger charge is 2.17. The minimum Gasteiger partial charge on any atom is -0.458 e. The van der Waals surface area contributed by atoms with Gasteiger partial charge in [0.15, 0.2) is 0 Å². The molecule has 0 bridgehead atoms. The number of piperidine rings is 1. The molecule has 1 rings (SSSR count). The third-order valence-corrected chi connectivity index (χ3v) is 3.12. The zero-order valence-electron chi connectivity index (χ0n) is 13.5. The zero-order chi connectivity index (χ0) is 15.7. The van der Waals surface area contributed by atoms with Crippen LogP contribution < -0.4 is 0 Å². The number of nitrogens with zero attached hydrogens (tertiary/aromatic N) is 1. The molecule has 0 spiro atoms. The number of esters is 1. The highest BCUT2D eigenvalue weighted by atomic mass is 16.6. The second-order valence-electron chi connectivity index (χ2n) is 6.32. The van der Waals surface area contributed by atoms with Gasteiger partial charge in [-0.3, -0.25) is 0 Å². The molecule has 1 N–H and O–H groups in total. The van der Waals surface area contributed by atoms with Crippen LogP contribution in [0.15, 0.2) is 0 Å². The summed E-state index contributed by atoms with van der Waals surface area (Å²) in [6.07, 6.45) is 1.56. The van der Waals surface area contributed by atoms with Gasteiger partial charge in [0.25, 0.3) is 0 Å². The molecule has 1 saturated heterocycles. The number of rotatable bonds is 8. The van der Waals surface area contributed by atoms with Crippen LogP contribution in [0, 0.1) is 0 Å². The van der Waals surface area contributed by atoms with Crippen molar-refractivity contribution in [1.29, 1.82) is 0 Å². The molecule has 1 aliphatic heterocycles. The van der Waals surface area contributed by atoms with E-state index < -0.39 is 5.60 Å². The molecule has 6 nitrogen and oxygen atoms in total. The molecule has 0 aromatic heterocycles. The Bertz CT molecular complexity index is 295. The molecule has 6 heteroatoms. The summed E-state index contributed by atoms with van der Waals surface area (Å²) in [5.41, 5.74) is -0.473. The predicted octanol–water partition coefficient (Wildman–Crippen LogP) is 0.818. The molecule has 21 heavy (non-hydrogen) atoms. The van der Waals surface area contributed by atoms with Crippen LogP contribution >= 0.6 is 0 Å². The summed E-state index contributed by atoms with van der Waals surface area (Å²) in [4.78, 5) is 13.7. The fourth-order valence-corrected chi connectivity index (χ4v) is 2.08. The van der Waals surface area contributed by atoms with Gasteiger partial charge in [-0.1, -0.05) is 0 Å². The van der Waals surface area contributed by atoms with E-state index in [1.54, 1.807) is 0 Å². The fraction of sp³-hybridized carbons (Fsp3) is 0.933. The molecular weight excluding hydrogens is 274 g/mol. The first kappa shape index (κ1) is 18.4. The van der Waals surface area contributed by atoms with Crippen LogP contribution in [0.1, 0.15) is 33.6 Å². The highest BCUT2D eigenvalue weighted by molar-refractivity contribution is 5.71. The first-order valence-electron chi connectivity index (χ1n) is 7.64. The lowest BCUT2D eigenvalue weighted by Gasteiger charge is -2.29. The number of hydrogen-bond acceptors (Lipinski definition) is 6. The molecule has 0 saturated carbocycles. The smallest absolute Gasteiger partial charge is 0.332 e. The molecule has 124 valence electrons. The van der Waals surface area contributed by atoms with E-state index in [-0.39, 0.29) is 18.7 Å². The van der Waals surface area contributed by atoms with E-state index in [2.05, 4.69) is 4.90 Å². The zero-order valence-corrected chi connectivity index (χ0v) is 13.5. The number of aliphatic hydroxyl groups is 1. The molecule has 1 aliphatic rings. The van der Waals surface area contributed by atoms with Gasteiger partial charge in [0, 0.05) is 19.6 Å². The van der Waals surface area contributed by atoms with Crippen molar-refractivity contribution in [1.82, 2.24) is 4.90 Å². The lowest BCUT2D eigenvalue weighted by Crippen LogP contribution is -2.37. The van der Waals surface area contributed by atoms with Crippen LogP contribution in [0.5, 0.6) is 0 Å². The summed E-state index contributed by atoms with van der Waals surface area (Å²) in [6, 6.07) is 0. The second kappa shape index (κ2) is 9.35. The maximum Gasteiger partial charge on any atom is 0.332 e. The molecule has 1 fully saturated rings. The van der Waals surface area contributed by atoms with E-state index in [1.807, 2.05) is 20.8 Å². The second-order valence-corrected chi connectivity index (χ2v) is 6.32. The van der Waals surface area contributed by atoms with Gasteiger partial charge >= 0.3 is 5.97 Å². The first-order chi connectivity index (χ1) is 9.87. The van der Waals surface area contributed by atoms with Crippen LogP contribution in [0.3, 0.4) is 0 Å². The van der Waals surface area contributed by atoms with Crippen molar-refractivity contribution in [2.45, 2.75) is 45.3 Å². The van der Waals surface area contributed by atoms with Crippen molar-refractivity contribution < 1.29 is 24.1 Å². The Morgan fingerprint density at radius 3 is 2.38 bits per heavy atom. The van der Waals surface area contributed by atoms with E-state index in [0.717, 1.165) is 32.5 Å². The fourth-order valence-electron chi connectivity index (χ4n) is 2.08. The molecule has 0 aliphatic carbocycles. The predicted molar refractivity (Wildman–Crippen MR) is 79.2 cm³/mol. The summed E-state index contributed by atoms with van der Waals surface area (Å²) in [7, 11) is 0. The standard InChI is InChI=1S/C15H29NO5/c1-15(2,3)21-14(18)12-20-11-10-19-9-8-16-6-4-13(17)5-7-16/h13,17H,4-12H2,1-3H3. The Morgan fingerprint density at radius 1 is 1.14 bits per heavy atom. The number of carbonyl (C=O) groups excluding carboxylic acids is 1. The van der Waals surface area contributed by atoms with Crippen LogP contribution in [-0.4, -0.2) is 73.7 Å². The maximum atomic E-state index is 11.4. The number of likely N-dealkylation sites (tertiary alicyclic amines) is 1. The number of aliphatic hydroxyl groups excluding tert-OH is 1. The van der Waals surface area contributed by atoms with Crippen molar-refractivity contribution in [3.05, 3.63) is 0 Å². The third-order valence-electron chi connectivity index (χ3n) is 3.12. The number of hydrogen-bond donors (Lipinski definition) is 1. The molecule has 0 amide bonds. The number of carbonyl (C=O) groups is 1. The first-order valence-corrected chi connectivity index (χ1v) is 7.64. The van der Waals surface area contributed by atoms with Crippen LogP contribution in [0.2, 0.25) is 0 Å². The van der Waals surface area contributed by atoms with E-state index in [1.165, 1.54) is 0 Å². The Morgan fingerprint density at radius 2 is 1.76 bits per heavy atom. The van der Waals surface area contributed by atoms with Gasteiger partial charge in [0.05, 0.1) is 25.9 Å². The van der Waals surface area contributed by atoms with Gasteiger partial charge < -0.3 is 24.2 Å². The quantitative estimate of drug-likeness (QED) is 0.529. The normalized spacial score (nSPS) is 17.9. The maximum absolute atomic E-state index is 11.4. The Kier molecular flexibility index (Phi) is 8.18. The molecule has 0 unspecified atom stereocenters. The van der Waals surface area contributed by atoms with Crippen LogP contribution in [-0.2, 0) is 19.0 Å². The Hall–Kier alpha value is -0.690. The van der Waals surface area contributed by atoms with Crippen molar-refractivity contribution in [2.75, 3.05) is 46.1 Å². The average molecular weight is 303 g/mol. The summed E-state index contributed by atoms with van der Waals surface area (Å²) < 4.78 is 15.8. The highest BCUT2D eigenvalue weighted by Crippen LogP contribution is 2.09. The summed E-state index contributed by atoms with van der Waals surface area (Å²) in [5, 5.41) is 9.40. The molecular formula is C15H29NO5. The van der Waals surface area contributed by atoms with E-state index in [0.29, 0.717) is 19.8 Å². The minimum absolute atomic E-state index is 0.0371. The monoisotopic (exact) mass is 303 g/mol. The van der Waals surface area contributed by atoms with E-state index in [9.17, 15) is 9.90 Å². The Labute approximate surface area is 127 Å². The largest absolute Gasteiger partial charge is 0.458 e. The summed E-state index contributed by atoms with van der Waals surface area (Å²) in [6.45, 7) is 9.68. The van der Waals surface area contributed by atoms with Gasteiger partial charge in [-0.2, -0.15) is 0 Å². The lowest BCUT2D eigenvalue weighted by atomic mass is 10.1. The van der Waals surface area contributed by atoms with Crippen molar-refractivity contribution in [3.63, 3.8) is 0 Å². The van der Waals surface area contributed by atoms with Crippen molar-refractivity contribution >= 4 is 5.97 Å². The van der Waals surface area contributed by atoms with E-state index >= 15 is 0 Å².